The Labute approximate surface area is 157 Å². The van der Waals surface area contributed by atoms with Crippen molar-refractivity contribution >= 4 is 21.6 Å². The van der Waals surface area contributed by atoms with Crippen molar-refractivity contribution in [2.45, 2.75) is 30.6 Å². The molecule has 0 aliphatic carbocycles. The highest BCUT2D eigenvalue weighted by Gasteiger charge is 2.25. The van der Waals surface area contributed by atoms with E-state index < -0.39 is 27.6 Å². The van der Waals surface area contributed by atoms with E-state index in [-0.39, 0.29) is 10.5 Å². The summed E-state index contributed by atoms with van der Waals surface area (Å²) in [4.78, 5) is 12.3. The first kappa shape index (κ1) is 19.4. The van der Waals surface area contributed by atoms with E-state index in [1.165, 1.54) is 28.6 Å². The highest BCUT2D eigenvalue weighted by molar-refractivity contribution is 7.89. The second kappa shape index (κ2) is 8.14. The van der Waals surface area contributed by atoms with Gasteiger partial charge in [-0.1, -0.05) is 12.8 Å². The lowest BCUT2D eigenvalue weighted by Crippen LogP contribution is -2.31. The van der Waals surface area contributed by atoms with Crippen molar-refractivity contribution in [3.63, 3.8) is 0 Å². The van der Waals surface area contributed by atoms with Crippen molar-refractivity contribution in [3.8, 4) is 0 Å². The van der Waals surface area contributed by atoms with Crippen LogP contribution in [0.5, 0.6) is 0 Å². The second-order valence-electron chi connectivity index (χ2n) is 6.45. The standard InChI is InChI=1S/C19H20F2N2O3S/c20-15-11-14(12-16(21)13-15)19(24)22-17-5-7-18(8-6-17)27(25,26)23-9-3-1-2-4-10-23/h5-8,11-13H,1-4,9-10H2,(H,22,24). The molecule has 1 aliphatic rings. The van der Waals surface area contributed by atoms with Crippen LogP contribution in [0.3, 0.4) is 0 Å². The summed E-state index contributed by atoms with van der Waals surface area (Å²) >= 11 is 0. The van der Waals surface area contributed by atoms with Gasteiger partial charge in [0.1, 0.15) is 11.6 Å². The van der Waals surface area contributed by atoms with Crippen LogP contribution in [0.25, 0.3) is 0 Å². The van der Waals surface area contributed by atoms with Crippen LogP contribution in [0.2, 0.25) is 0 Å². The lowest BCUT2D eigenvalue weighted by atomic mass is 10.2. The predicted octanol–water partition coefficient (Wildman–Crippen LogP) is 3.78. The van der Waals surface area contributed by atoms with Crippen LogP contribution in [0.1, 0.15) is 36.0 Å². The number of halogens is 2. The molecule has 1 amide bonds. The minimum absolute atomic E-state index is 0.152. The SMILES string of the molecule is O=C(Nc1ccc(S(=O)(=O)N2CCCCCC2)cc1)c1cc(F)cc(F)c1. The fourth-order valence-electron chi connectivity index (χ4n) is 3.03. The Morgan fingerprint density at radius 1 is 0.889 bits per heavy atom. The van der Waals surface area contributed by atoms with E-state index >= 15 is 0 Å². The van der Waals surface area contributed by atoms with Gasteiger partial charge < -0.3 is 5.32 Å². The summed E-state index contributed by atoms with van der Waals surface area (Å²) in [6.07, 6.45) is 3.74. The number of benzene rings is 2. The molecule has 144 valence electrons. The van der Waals surface area contributed by atoms with Crippen molar-refractivity contribution < 1.29 is 22.0 Å². The molecule has 0 saturated carbocycles. The molecule has 2 aromatic carbocycles. The van der Waals surface area contributed by atoms with Crippen molar-refractivity contribution in [1.82, 2.24) is 4.31 Å². The average Bonchev–Trinajstić information content (AvgIpc) is 2.91. The van der Waals surface area contributed by atoms with Crippen LogP contribution in [0.4, 0.5) is 14.5 Å². The first-order valence-corrected chi connectivity index (χ1v) is 10.2. The normalized spacial score (nSPS) is 15.9. The Bertz CT molecular complexity index is 902. The van der Waals surface area contributed by atoms with Crippen molar-refractivity contribution in [3.05, 3.63) is 59.7 Å². The molecule has 1 saturated heterocycles. The molecule has 1 aliphatic heterocycles. The molecular formula is C19H20F2N2O3S. The number of hydrogen-bond acceptors (Lipinski definition) is 3. The quantitative estimate of drug-likeness (QED) is 0.858. The highest BCUT2D eigenvalue weighted by atomic mass is 32.2. The minimum atomic E-state index is -3.57. The van der Waals surface area contributed by atoms with Gasteiger partial charge >= 0.3 is 0 Å². The molecule has 1 heterocycles. The van der Waals surface area contributed by atoms with Crippen LogP contribution < -0.4 is 5.32 Å². The largest absolute Gasteiger partial charge is 0.322 e. The van der Waals surface area contributed by atoms with E-state index in [0.717, 1.165) is 37.8 Å². The van der Waals surface area contributed by atoms with Gasteiger partial charge in [0.15, 0.2) is 0 Å². The van der Waals surface area contributed by atoms with Crippen LogP contribution in [0, 0.1) is 11.6 Å². The zero-order valence-corrected chi connectivity index (χ0v) is 15.4. The molecule has 3 rings (SSSR count). The topological polar surface area (TPSA) is 66.5 Å². The van der Waals surface area contributed by atoms with E-state index in [1.54, 1.807) is 0 Å². The Kier molecular flexibility index (Phi) is 5.86. The maximum atomic E-state index is 13.2. The number of carbonyl (C=O) groups is 1. The molecule has 0 bridgehead atoms. The lowest BCUT2D eigenvalue weighted by molar-refractivity contribution is 0.102. The van der Waals surface area contributed by atoms with Gasteiger partial charge in [-0.25, -0.2) is 17.2 Å². The highest BCUT2D eigenvalue weighted by Crippen LogP contribution is 2.22. The van der Waals surface area contributed by atoms with E-state index in [9.17, 15) is 22.0 Å². The zero-order chi connectivity index (χ0) is 19.4. The third kappa shape index (κ3) is 4.70. The Morgan fingerprint density at radius 3 is 2.00 bits per heavy atom. The van der Waals surface area contributed by atoms with Gasteiger partial charge in [0.05, 0.1) is 4.90 Å². The molecule has 0 atom stereocenters. The average molecular weight is 394 g/mol. The number of carbonyl (C=O) groups excluding carboxylic acids is 1. The molecule has 0 radical (unpaired) electrons. The van der Waals surface area contributed by atoms with Gasteiger partial charge in [0.2, 0.25) is 10.0 Å². The molecule has 8 heteroatoms. The van der Waals surface area contributed by atoms with Crippen molar-refractivity contribution in [2.24, 2.45) is 0 Å². The van der Waals surface area contributed by atoms with Crippen LogP contribution in [0.15, 0.2) is 47.4 Å². The molecular weight excluding hydrogens is 374 g/mol. The maximum absolute atomic E-state index is 13.2. The molecule has 0 spiro atoms. The van der Waals surface area contributed by atoms with Gasteiger partial charge in [0, 0.05) is 30.4 Å². The minimum Gasteiger partial charge on any atom is -0.322 e. The summed E-state index contributed by atoms with van der Waals surface area (Å²) in [5.41, 5.74) is 0.174. The van der Waals surface area contributed by atoms with E-state index in [0.29, 0.717) is 24.8 Å². The monoisotopic (exact) mass is 394 g/mol. The third-order valence-electron chi connectivity index (χ3n) is 4.44. The number of anilines is 1. The molecule has 2 aromatic rings. The predicted molar refractivity (Wildman–Crippen MR) is 98.0 cm³/mol. The second-order valence-corrected chi connectivity index (χ2v) is 8.39. The summed E-state index contributed by atoms with van der Waals surface area (Å²) in [6, 6.07) is 8.28. The first-order chi connectivity index (χ1) is 12.9. The van der Waals surface area contributed by atoms with E-state index in [4.69, 9.17) is 0 Å². The summed E-state index contributed by atoms with van der Waals surface area (Å²) < 4.78 is 53.4. The number of amides is 1. The van der Waals surface area contributed by atoms with Crippen molar-refractivity contribution in [1.29, 1.82) is 0 Å². The molecule has 1 N–H and O–H groups in total. The van der Waals surface area contributed by atoms with Crippen LogP contribution in [-0.4, -0.2) is 31.7 Å². The maximum Gasteiger partial charge on any atom is 0.255 e. The van der Waals surface area contributed by atoms with Gasteiger partial charge in [-0.05, 0) is 49.2 Å². The first-order valence-electron chi connectivity index (χ1n) is 8.74. The lowest BCUT2D eigenvalue weighted by Gasteiger charge is -2.20. The number of hydrogen-bond donors (Lipinski definition) is 1. The fourth-order valence-corrected chi connectivity index (χ4v) is 4.55. The number of nitrogens with one attached hydrogen (secondary N) is 1. The zero-order valence-electron chi connectivity index (χ0n) is 14.6. The number of sulfonamides is 1. The van der Waals surface area contributed by atoms with Crippen LogP contribution >= 0.6 is 0 Å². The fraction of sp³-hybridized carbons (Fsp3) is 0.316. The molecule has 1 fully saturated rings. The summed E-state index contributed by atoms with van der Waals surface area (Å²) in [6.45, 7) is 1.01. The Morgan fingerprint density at radius 2 is 1.44 bits per heavy atom. The molecule has 0 aromatic heterocycles. The van der Waals surface area contributed by atoms with E-state index in [2.05, 4.69) is 5.32 Å². The van der Waals surface area contributed by atoms with Crippen LogP contribution in [-0.2, 0) is 10.0 Å². The van der Waals surface area contributed by atoms with Gasteiger partial charge in [0.25, 0.3) is 5.91 Å². The molecule has 5 nitrogen and oxygen atoms in total. The van der Waals surface area contributed by atoms with Gasteiger partial charge in [-0.3, -0.25) is 4.79 Å². The summed E-state index contributed by atoms with van der Waals surface area (Å²) in [5, 5.41) is 2.50. The summed E-state index contributed by atoms with van der Waals surface area (Å²) in [5.74, 6) is -2.38. The summed E-state index contributed by atoms with van der Waals surface area (Å²) in [7, 11) is -3.57. The van der Waals surface area contributed by atoms with Crippen molar-refractivity contribution in [2.75, 3.05) is 18.4 Å². The molecule has 0 unspecified atom stereocenters. The molecule has 27 heavy (non-hydrogen) atoms. The number of rotatable bonds is 4. The third-order valence-corrected chi connectivity index (χ3v) is 6.35. The number of nitrogens with zero attached hydrogens (tertiary/aromatic N) is 1. The van der Waals surface area contributed by atoms with Gasteiger partial charge in [-0.2, -0.15) is 4.31 Å². The Balaban J connectivity index is 1.73. The Hall–Kier alpha value is -2.32. The van der Waals surface area contributed by atoms with Gasteiger partial charge in [-0.15, -0.1) is 0 Å². The smallest absolute Gasteiger partial charge is 0.255 e. The van der Waals surface area contributed by atoms with E-state index in [1.807, 2.05) is 0 Å².